The van der Waals surface area contributed by atoms with Crippen molar-refractivity contribution >= 4 is 0 Å². The molecule has 0 heterocycles. The van der Waals surface area contributed by atoms with Crippen LogP contribution in [-0.4, -0.2) is 27.4 Å². The Kier molecular flexibility index (Phi) is 5.94. The number of halogens is 1. The van der Waals surface area contributed by atoms with E-state index in [9.17, 15) is 4.39 Å². The molecule has 3 nitrogen and oxygen atoms in total. The van der Waals surface area contributed by atoms with Crippen LogP contribution in [0.1, 0.15) is 24.9 Å². The van der Waals surface area contributed by atoms with Gasteiger partial charge in [0, 0.05) is 31.4 Å². The van der Waals surface area contributed by atoms with Gasteiger partial charge in [-0.25, -0.2) is 4.39 Å². The van der Waals surface area contributed by atoms with E-state index in [1.54, 1.807) is 19.2 Å². The molecule has 96 valence electrons. The minimum Gasteiger partial charge on any atom is -0.497 e. The fourth-order valence-corrected chi connectivity index (χ4v) is 1.77. The lowest BCUT2D eigenvalue weighted by atomic mass is 10.0. The van der Waals surface area contributed by atoms with Crippen LogP contribution in [0.2, 0.25) is 0 Å². The van der Waals surface area contributed by atoms with E-state index in [2.05, 4.69) is 5.32 Å². The molecule has 1 aromatic rings. The second-order valence-corrected chi connectivity index (χ2v) is 3.78. The maximum absolute atomic E-state index is 13.9. The van der Waals surface area contributed by atoms with E-state index >= 15 is 0 Å². The molecule has 0 aromatic heterocycles. The summed E-state index contributed by atoms with van der Waals surface area (Å²) in [4.78, 5) is 0. The summed E-state index contributed by atoms with van der Waals surface area (Å²) in [6.45, 7) is 3.39. The molecule has 0 fully saturated rings. The Bertz CT molecular complexity index is 344. The third-order valence-corrected chi connectivity index (χ3v) is 2.64. The zero-order valence-corrected chi connectivity index (χ0v) is 10.6. The van der Waals surface area contributed by atoms with Gasteiger partial charge in [-0.1, -0.05) is 13.0 Å². The number of hydrogen-bond donors (Lipinski definition) is 1. The molecule has 0 radical (unpaired) electrons. The lowest BCUT2D eigenvalue weighted by Crippen LogP contribution is -2.23. The van der Waals surface area contributed by atoms with Crippen molar-refractivity contribution in [2.45, 2.75) is 19.4 Å². The largest absolute Gasteiger partial charge is 0.497 e. The average Bonchev–Trinajstić information content (AvgIpc) is 2.34. The van der Waals surface area contributed by atoms with Crippen LogP contribution < -0.4 is 10.1 Å². The van der Waals surface area contributed by atoms with Crippen molar-refractivity contribution in [3.8, 4) is 5.75 Å². The summed E-state index contributed by atoms with van der Waals surface area (Å²) in [5, 5.41) is 3.25. The molecule has 1 rings (SSSR count). The van der Waals surface area contributed by atoms with Gasteiger partial charge in [-0.15, -0.1) is 0 Å². The van der Waals surface area contributed by atoms with Gasteiger partial charge >= 0.3 is 0 Å². The molecule has 1 N–H and O–H groups in total. The molecule has 0 amide bonds. The lowest BCUT2D eigenvalue weighted by Gasteiger charge is -2.19. The normalized spacial score (nSPS) is 12.5. The fraction of sp³-hybridized carbons (Fsp3) is 0.538. The molecule has 17 heavy (non-hydrogen) atoms. The Balaban J connectivity index is 2.85. The van der Waals surface area contributed by atoms with Gasteiger partial charge in [0.1, 0.15) is 11.6 Å². The van der Waals surface area contributed by atoms with Gasteiger partial charge in [0.2, 0.25) is 0 Å². The van der Waals surface area contributed by atoms with Gasteiger partial charge in [0.05, 0.1) is 7.11 Å². The van der Waals surface area contributed by atoms with Crippen molar-refractivity contribution in [1.29, 1.82) is 0 Å². The molecular formula is C13H20FNO2. The van der Waals surface area contributed by atoms with Crippen LogP contribution in [0.25, 0.3) is 0 Å². The molecule has 0 aliphatic carbocycles. The molecule has 1 aromatic carbocycles. The first-order chi connectivity index (χ1) is 8.22. The molecule has 0 aliphatic heterocycles. The molecule has 1 atom stereocenters. The Morgan fingerprint density at radius 1 is 1.35 bits per heavy atom. The fourth-order valence-electron chi connectivity index (χ4n) is 1.77. The third kappa shape index (κ3) is 3.98. The molecule has 0 saturated heterocycles. The average molecular weight is 241 g/mol. The monoisotopic (exact) mass is 241 g/mol. The number of rotatable bonds is 7. The van der Waals surface area contributed by atoms with Crippen LogP contribution in [-0.2, 0) is 4.74 Å². The summed E-state index contributed by atoms with van der Waals surface area (Å²) in [5.41, 5.74) is 0.657. The number of ether oxygens (including phenoxy) is 2. The Morgan fingerprint density at radius 3 is 2.65 bits per heavy atom. The predicted octanol–water partition coefficient (Wildman–Crippen LogP) is 2.52. The van der Waals surface area contributed by atoms with E-state index in [0.717, 1.165) is 13.0 Å². The highest BCUT2D eigenvalue weighted by molar-refractivity contribution is 5.30. The summed E-state index contributed by atoms with van der Waals surface area (Å²) < 4.78 is 23.9. The van der Waals surface area contributed by atoms with Crippen LogP contribution in [0, 0.1) is 5.82 Å². The molecule has 0 saturated carbocycles. The van der Waals surface area contributed by atoms with Gasteiger partial charge in [0.25, 0.3) is 0 Å². The van der Waals surface area contributed by atoms with Gasteiger partial charge in [0.15, 0.2) is 0 Å². The molecule has 1 unspecified atom stereocenters. The highest BCUT2D eigenvalue weighted by Crippen LogP contribution is 2.24. The van der Waals surface area contributed by atoms with Crippen molar-refractivity contribution in [2.24, 2.45) is 0 Å². The predicted molar refractivity (Wildman–Crippen MR) is 65.9 cm³/mol. The van der Waals surface area contributed by atoms with E-state index in [4.69, 9.17) is 9.47 Å². The quantitative estimate of drug-likeness (QED) is 0.795. The van der Waals surface area contributed by atoms with E-state index in [1.807, 2.05) is 6.92 Å². The number of benzene rings is 1. The first-order valence-corrected chi connectivity index (χ1v) is 5.78. The second kappa shape index (κ2) is 7.25. The summed E-state index contributed by atoms with van der Waals surface area (Å²) in [7, 11) is 3.18. The van der Waals surface area contributed by atoms with Crippen molar-refractivity contribution in [1.82, 2.24) is 5.32 Å². The SMILES string of the molecule is CCNC(CCOC)c1ccc(OC)cc1F. The summed E-state index contributed by atoms with van der Waals surface area (Å²) in [6.07, 6.45) is 0.744. The van der Waals surface area contributed by atoms with E-state index in [-0.39, 0.29) is 11.9 Å². The van der Waals surface area contributed by atoms with Crippen LogP contribution in [0.3, 0.4) is 0 Å². The standard InChI is InChI=1S/C13H20FNO2/c1-4-15-13(7-8-16-2)11-6-5-10(17-3)9-12(11)14/h5-6,9,13,15H,4,7-8H2,1-3H3. The van der Waals surface area contributed by atoms with Crippen molar-refractivity contribution in [2.75, 3.05) is 27.4 Å². The third-order valence-electron chi connectivity index (χ3n) is 2.64. The molecule has 0 bridgehead atoms. The van der Waals surface area contributed by atoms with Gasteiger partial charge < -0.3 is 14.8 Å². The van der Waals surface area contributed by atoms with E-state index < -0.39 is 0 Å². The number of hydrogen-bond acceptors (Lipinski definition) is 3. The summed E-state index contributed by atoms with van der Waals surface area (Å²) in [6, 6.07) is 4.92. The highest BCUT2D eigenvalue weighted by atomic mass is 19.1. The topological polar surface area (TPSA) is 30.5 Å². The molecule has 0 aliphatic rings. The molecule has 0 spiro atoms. The van der Waals surface area contributed by atoms with Gasteiger partial charge in [-0.3, -0.25) is 0 Å². The van der Waals surface area contributed by atoms with Gasteiger partial charge in [-0.05, 0) is 19.0 Å². The van der Waals surface area contributed by atoms with E-state index in [1.165, 1.54) is 13.2 Å². The van der Waals surface area contributed by atoms with Gasteiger partial charge in [-0.2, -0.15) is 0 Å². The Hall–Kier alpha value is -1.13. The molecule has 4 heteroatoms. The lowest BCUT2D eigenvalue weighted by molar-refractivity contribution is 0.182. The van der Waals surface area contributed by atoms with Crippen molar-refractivity contribution < 1.29 is 13.9 Å². The Labute approximate surface area is 102 Å². The first kappa shape index (κ1) is 13.9. The second-order valence-electron chi connectivity index (χ2n) is 3.78. The van der Waals surface area contributed by atoms with E-state index in [0.29, 0.717) is 17.9 Å². The van der Waals surface area contributed by atoms with Crippen molar-refractivity contribution in [3.05, 3.63) is 29.6 Å². The maximum Gasteiger partial charge on any atom is 0.131 e. The highest BCUT2D eigenvalue weighted by Gasteiger charge is 2.15. The van der Waals surface area contributed by atoms with Crippen LogP contribution in [0.5, 0.6) is 5.75 Å². The van der Waals surface area contributed by atoms with Crippen LogP contribution in [0.15, 0.2) is 18.2 Å². The number of nitrogens with one attached hydrogen (secondary N) is 1. The van der Waals surface area contributed by atoms with Crippen molar-refractivity contribution in [3.63, 3.8) is 0 Å². The Morgan fingerprint density at radius 2 is 2.12 bits per heavy atom. The smallest absolute Gasteiger partial charge is 0.131 e. The summed E-state index contributed by atoms with van der Waals surface area (Å²) in [5.74, 6) is 0.291. The maximum atomic E-state index is 13.9. The van der Waals surface area contributed by atoms with Crippen LogP contribution in [0.4, 0.5) is 4.39 Å². The first-order valence-electron chi connectivity index (χ1n) is 5.78. The van der Waals surface area contributed by atoms with Crippen LogP contribution >= 0.6 is 0 Å². The summed E-state index contributed by atoms with van der Waals surface area (Å²) >= 11 is 0. The minimum atomic E-state index is -0.244. The number of methoxy groups -OCH3 is 2. The minimum absolute atomic E-state index is 0.0224. The zero-order valence-electron chi connectivity index (χ0n) is 10.6. The molecular weight excluding hydrogens is 221 g/mol. The zero-order chi connectivity index (χ0) is 12.7.